The molecule has 13 heteroatoms. The Kier molecular flexibility index (Phi) is 13.8. The number of nitrogens with zero attached hydrogens (tertiary/aromatic N) is 4. The van der Waals surface area contributed by atoms with Gasteiger partial charge in [-0.15, -0.1) is 0 Å². The monoisotopic (exact) mass is 465 g/mol. The van der Waals surface area contributed by atoms with Gasteiger partial charge in [0.2, 0.25) is 0 Å². The summed E-state index contributed by atoms with van der Waals surface area (Å²) >= 11 is 0. The molecule has 1 aliphatic rings. The van der Waals surface area contributed by atoms with Crippen molar-refractivity contribution in [2.45, 2.75) is 31.5 Å². The lowest BCUT2D eigenvalue weighted by atomic mass is 10.1. The number of aliphatic hydroxyl groups excluding tert-OH is 2. The topological polar surface area (TPSA) is 194 Å². The maximum Gasteiger partial charge on any atom is 0.317 e. The number of nitrogens with two attached hydrogens (primary N) is 1. The van der Waals surface area contributed by atoms with Gasteiger partial charge < -0.3 is 36.4 Å². The summed E-state index contributed by atoms with van der Waals surface area (Å²) in [6, 6.07) is -0.610. The van der Waals surface area contributed by atoms with Crippen molar-refractivity contribution in [2.75, 3.05) is 78.5 Å². The van der Waals surface area contributed by atoms with Gasteiger partial charge in [0.1, 0.15) is 0 Å². The molecule has 8 N–H and O–H groups in total. The molecular formula is C19H39N5O8. The molecule has 1 fully saturated rings. The summed E-state index contributed by atoms with van der Waals surface area (Å²) in [6.07, 6.45) is -2.16. The van der Waals surface area contributed by atoms with Crippen LogP contribution in [0.15, 0.2) is 0 Å². The first kappa shape index (κ1) is 28.6. The average molecular weight is 466 g/mol. The van der Waals surface area contributed by atoms with Crippen molar-refractivity contribution in [3.63, 3.8) is 0 Å². The molecule has 1 saturated heterocycles. The second-order valence-electron chi connectivity index (χ2n) is 8.07. The molecule has 0 saturated carbocycles. The number of aliphatic hydroxyl groups is 4. The molecule has 0 aromatic carbocycles. The second kappa shape index (κ2) is 15.4. The lowest BCUT2D eigenvalue weighted by molar-refractivity contribution is -0.139. The van der Waals surface area contributed by atoms with Crippen LogP contribution in [0.25, 0.3) is 0 Å². The number of carboxylic acids is 2. The minimum Gasteiger partial charge on any atom is -0.480 e. The Morgan fingerprint density at radius 3 is 1.56 bits per heavy atom. The van der Waals surface area contributed by atoms with Gasteiger partial charge in [0.15, 0.2) is 12.6 Å². The van der Waals surface area contributed by atoms with Crippen molar-refractivity contribution in [1.29, 1.82) is 0 Å². The molecule has 1 aliphatic heterocycles. The van der Waals surface area contributed by atoms with Crippen LogP contribution in [0.4, 0.5) is 0 Å². The fraction of sp³-hybridized carbons (Fsp3) is 0.895. The molecule has 13 nitrogen and oxygen atoms in total. The molecule has 0 aromatic heterocycles. The summed E-state index contributed by atoms with van der Waals surface area (Å²) in [5, 5.41) is 57.1. The number of hydrogen-bond acceptors (Lipinski definition) is 11. The zero-order valence-electron chi connectivity index (χ0n) is 18.5. The molecule has 0 aliphatic carbocycles. The maximum absolute atomic E-state index is 11.3. The Labute approximate surface area is 188 Å². The van der Waals surface area contributed by atoms with Crippen LogP contribution in [-0.2, 0) is 9.59 Å². The number of aliphatic carboxylic acids is 2. The summed E-state index contributed by atoms with van der Waals surface area (Å²) in [5.41, 5.74) is 5.58. The van der Waals surface area contributed by atoms with Crippen LogP contribution >= 0.6 is 0 Å². The Bertz CT molecular complexity index is 522. The van der Waals surface area contributed by atoms with E-state index in [1.807, 2.05) is 4.90 Å². The predicted octanol–water partition coefficient (Wildman–Crippen LogP) is -3.89. The van der Waals surface area contributed by atoms with E-state index in [-0.39, 0.29) is 19.6 Å². The molecule has 1 atom stereocenters. The standard InChI is InChI=1S/C19H39N5O8/c20-3-1-2-15(19(31)32)24-10-8-22(13-17(27)28)6-4-21(12-16(25)26)5-7-23(9-11-24)14-18(29)30/h15-16,19,25-26,31-32H,1-14,20H2,(H,27,28)(H,29,30). The van der Waals surface area contributed by atoms with E-state index >= 15 is 0 Å². The highest BCUT2D eigenvalue weighted by molar-refractivity contribution is 5.69. The van der Waals surface area contributed by atoms with Crippen molar-refractivity contribution < 1.29 is 40.2 Å². The zero-order chi connectivity index (χ0) is 24.1. The zero-order valence-corrected chi connectivity index (χ0v) is 18.5. The third kappa shape index (κ3) is 12.0. The Balaban J connectivity index is 3.05. The van der Waals surface area contributed by atoms with Crippen LogP contribution in [0, 0.1) is 0 Å². The molecule has 1 unspecified atom stereocenters. The molecule has 32 heavy (non-hydrogen) atoms. The van der Waals surface area contributed by atoms with Gasteiger partial charge in [0.05, 0.1) is 19.1 Å². The highest BCUT2D eigenvalue weighted by Crippen LogP contribution is 2.12. The van der Waals surface area contributed by atoms with Crippen molar-refractivity contribution in [1.82, 2.24) is 19.6 Å². The van der Waals surface area contributed by atoms with E-state index in [0.29, 0.717) is 71.7 Å². The van der Waals surface area contributed by atoms with Gasteiger partial charge in [0.25, 0.3) is 0 Å². The molecular weight excluding hydrogens is 426 g/mol. The van der Waals surface area contributed by atoms with Gasteiger partial charge >= 0.3 is 11.9 Å². The highest BCUT2D eigenvalue weighted by Gasteiger charge is 2.27. The van der Waals surface area contributed by atoms with Crippen LogP contribution in [0.3, 0.4) is 0 Å². The summed E-state index contributed by atoms with van der Waals surface area (Å²) < 4.78 is 0. The van der Waals surface area contributed by atoms with Gasteiger partial charge in [-0.05, 0) is 19.4 Å². The fourth-order valence-corrected chi connectivity index (χ4v) is 3.84. The Hall–Kier alpha value is -1.42. The first-order chi connectivity index (χ1) is 15.1. The van der Waals surface area contributed by atoms with Gasteiger partial charge in [-0.25, -0.2) is 0 Å². The minimum atomic E-state index is -1.61. The third-order valence-electron chi connectivity index (χ3n) is 5.53. The fourth-order valence-electron chi connectivity index (χ4n) is 3.84. The molecule has 1 rings (SSSR count). The van der Waals surface area contributed by atoms with Crippen LogP contribution in [0.2, 0.25) is 0 Å². The Morgan fingerprint density at radius 1 is 0.750 bits per heavy atom. The highest BCUT2D eigenvalue weighted by atomic mass is 16.5. The van der Waals surface area contributed by atoms with E-state index in [1.165, 1.54) is 0 Å². The normalized spacial score (nSPS) is 20.2. The van der Waals surface area contributed by atoms with Gasteiger partial charge in [0, 0.05) is 58.9 Å². The number of rotatable bonds is 11. The van der Waals surface area contributed by atoms with Crippen LogP contribution in [0.1, 0.15) is 12.8 Å². The van der Waals surface area contributed by atoms with Gasteiger partial charge in [-0.1, -0.05) is 0 Å². The molecule has 1 heterocycles. The Morgan fingerprint density at radius 2 is 1.19 bits per heavy atom. The third-order valence-corrected chi connectivity index (χ3v) is 5.53. The van der Waals surface area contributed by atoms with Crippen LogP contribution < -0.4 is 5.73 Å². The van der Waals surface area contributed by atoms with E-state index in [2.05, 4.69) is 0 Å². The van der Waals surface area contributed by atoms with Crippen LogP contribution in [-0.4, -0.2) is 159 Å². The quantitative estimate of drug-likeness (QED) is 0.146. The first-order valence-electron chi connectivity index (χ1n) is 10.9. The van der Waals surface area contributed by atoms with Crippen LogP contribution in [0.5, 0.6) is 0 Å². The number of carbonyl (C=O) groups is 2. The average Bonchev–Trinajstić information content (AvgIpc) is 2.68. The summed E-state index contributed by atoms with van der Waals surface area (Å²) in [5.74, 6) is -1.99. The summed E-state index contributed by atoms with van der Waals surface area (Å²) in [6.45, 7) is 2.75. The summed E-state index contributed by atoms with van der Waals surface area (Å²) in [4.78, 5) is 29.7. The lowest BCUT2D eigenvalue weighted by Crippen LogP contribution is -2.52. The first-order valence-corrected chi connectivity index (χ1v) is 10.9. The number of hydrogen-bond donors (Lipinski definition) is 7. The summed E-state index contributed by atoms with van der Waals surface area (Å²) in [7, 11) is 0. The molecule has 0 radical (unpaired) electrons. The van der Waals surface area contributed by atoms with Gasteiger partial charge in [-0.2, -0.15) is 0 Å². The molecule has 0 bridgehead atoms. The smallest absolute Gasteiger partial charge is 0.317 e. The van der Waals surface area contributed by atoms with E-state index < -0.39 is 30.6 Å². The molecule has 0 amide bonds. The maximum atomic E-state index is 11.3. The van der Waals surface area contributed by atoms with Crippen molar-refractivity contribution in [3.8, 4) is 0 Å². The van der Waals surface area contributed by atoms with E-state index in [9.17, 15) is 40.2 Å². The van der Waals surface area contributed by atoms with E-state index in [1.54, 1.807) is 14.7 Å². The van der Waals surface area contributed by atoms with Crippen molar-refractivity contribution in [2.24, 2.45) is 5.73 Å². The van der Waals surface area contributed by atoms with Gasteiger partial charge in [-0.3, -0.25) is 29.2 Å². The van der Waals surface area contributed by atoms with E-state index in [4.69, 9.17) is 5.73 Å². The second-order valence-corrected chi connectivity index (χ2v) is 8.07. The van der Waals surface area contributed by atoms with E-state index in [0.717, 1.165) is 0 Å². The number of β-amino-alcohol motifs (C(OH)–C–C–N with tert-alkyl or cyclic N) is 2. The SMILES string of the molecule is NCCCC(C(O)O)N1CCN(CC(=O)O)CCN(CC(O)O)CCN(CC(=O)O)CC1. The molecule has 0 aromatic rings. The number of carboxylic acid groups (broad SMARTS) is 2. The predicted molar refractivity (Wildman–Crippen MR) is 115 cm³/mol. The van der Waals surface area contributed by atoms with Crippen molar-refractivity contribution >= 4 is 11.9 Å². The lowest BCUT2D eigenvalue weighted by Gasteiger charge is -2.37. The minimum absolute atomic E-state index is 0.0359. The molecule has 188 valence electrons. The molecule has 0 spiro atoms. The largest absolute Gasteiger partial charge is 0.480 e. The van der Waals surface area contributed by atoms with Crippen molar-refractivity contribution in [3.05, 3.63) is 0 Å².